The van der Waals surface area contributed by atoms with Gasteiger partial charge in [0.15, 0.2) is 12.4 Å². The molecule has 0 spiro atoms. The molecule has 0 aromatic carbocycles. The van der Waals surface area contributed by atoms with E-state index in [4.69, 9.17) is 14.2 Å². The summed E-state index contributed by atoms with van der Waals surface area (Å²) in [6.45, 7) is 5.87. The number of esters is 1. The van der Waals surface area contributed by atoms with Gasteiger partial charge < -0.3 is 45.1 Å². The van der Waals surface area contributed by atoms with Crippen LogP contribution in [0.1, 0.15) is 380 Å². The lowest BCUT2D eigenvalue weighted by molar-refractivity contribution is -0.305. The van der Waals surface area contributed by atoms with Crippen molar-refractivity contribution in [3.05, 3.63) is 12.2 Å². The topological polar surface area (TPSA) is 175 Å². The Labute approximate surface area is 519 Å². The Morgan fingerprint density at radius 1 is 0.452 bits per heavy atom. The standard InChI is InChI=1S/C73H141NO10/c1-4-7-10-13-16-19-22-25-27-29-31-33-34-35-37-39-41-43-46-49-52-55-58-61-68(78)84-71-70(80)69(79)67(62-75)83-73(71)82-63-64(65(76)59-56-53-50-47-44-24-21-18-15-12-9-6-3)74-72(81)66(77)60-57-54-51-48-45-42-40-38-36-32-30-28-26-23-20-17-14-11-8-5-2/h56,59,64-67,69-71,73,75-77,79-80H,4-55,57-58,60-63H2,1-3H3,(H,74,81)/b59-56+. The molecule has 0 bridgehead atoms. The van der Waals surface area contributed by atoms with Crippen LogP contribution in [0.4, 0.5) is 0 Å². The highest BCUT2D eigenvalue weighted by molar-refractivity contribution is 5.80. The van der Waals surface area contributed by atoms with Crippen LogP contribution in [0.15, 0.2) is 12.2 Å². The van der Waals surface area contributed by atoms with E-state index in [2.05, 4.69) is 26.1 Å². The van der Waals surface area contributed by atoms with Gasteiger partial charge in [-0.2, -0.15) is 0 Å². The van der Waals surface area contributed by atoms with Crippen LogP contribution in [0.5, 0.6) is 0 Å². The average Bonchev–Trinajstić information content (AvgIpc) is 3.43. The fraction of sp³-hybridized carbons (Fsp3) is 0.945. The summed E-state index contributed by atoms with van der Waals surface area (Å²) in [7, 11) is 0. The van der Waals surface area contributed by atoms with Crippen LogP contribution < -0.4 is 5.32 Å². The second-order valence-electron chi connectivity index (χ2n) is 26.0. The molecule has 0 aliphatic carbocycles. The van der Waals surface area contributed by atoms with Gasteiger partial charge in [-0.1, -0.05) is 360 Å². The molecule has 1 rings (SSSR count). The molecule has 11 nitrogen and oxygen atoms in total. The van der Waals surface area contributed by atoms with Crippen molar-refractivity contribution in [1.29, 1.82) is 0 Å². The van der Waals surface area contributed by atoms with Crippen LogP contribution >= 0.6 is 0 Å². The van der Waals surface area contributed by atoms with Gasteiger partial charge in [0.25, 0.3) is 0 Å². The highest BCUT2D eigenvalue weighted by atomic mass is 16.7. The normalized spacial score (nSPS) is 18.4. The van der Waals surface area contributed by atoms with Gasteiger partial charge in [-0.3, -0.25) is 9.59 Å². The Balaban J connectivity index is 2.54. The van der Waals surface area contributed by atoms with E-state index in [0.29, 0.717) is 19.3 Å². The largest absolute Gasteiger partial charge is 0.454 e. The van der Waals surface area contributed by atoms with Crippen LogP contribution in [0.3, 0.4) is 0 Å². The zero-order valence-electron chi connectivity index (χ0n) is 55.6. The number of rotatable bonds is 65. The van der Waals surface area contributed by atoms with Gasteiger partial charge in [-0.15, -0.1) is 0 Å². The zero-order valence-corrected chi connectivity index (χ0v) is 55.6. The minimum Gasteiger partial charge on any atom is -0.454 e. The molecule has 498 valence electrons. The molecule has 1 aliphatic heterocycles. The molecule has 0 aromatic rings. The Morgan fingerprint density at radius 3 is 1.12 bits per heavy atom. The number of aliphatic hydroxyl groups is 5. The van der Waals surface area contributed by atoms with Crippen molar-refractivity contribution in [3.63, 3.8) is 0 Å². The number of unbranched alkanes of at least 4 members (excludes halogenated alkanes) is 51. The first-order valence-corrected chi connectivity index (χ1v) is 37.0. The summed E-state index contributed by atoms with van der Waals surface area (Å²) in [5.74, 6) is -1.17. The highest BCUT2D eigenvalue weighted by Crippen LogP contribution is 2.27. The smallest absolute Gasteiger partial charge is 0.306 e. The predicted molar refractivity (Wildman–Crippen MR) is 352 cm³/mol. The van der Waals surface area contributed by atoms with Crippen LogP contribution in [0.2, 0.25) is 0 Å². The van der Waals surface area contributed by atoms with Crippen LogP contribution in [0, 0.1) is 0 Å². The molecule has 1 saturated heterocycles. The van der Waals surface area contributed by atoms with E-state index in [1.165, 1.54) is 276 Å². The molecule has 1 aliphatic rings. The SMILES string of the molecule is CCCCCCCCCCCC/C=C/C(O)C(COC1OC(CO)C(O)C(O)C1OC(=O)CCCCCCCCCCCCCCCCCCCCCCCCC)NC(=O)C(O)CCCCCCCCCCCCCCCCCCCCCC. The summed E-state index contributed by atoms with van der Waals surface area (Å²) in [4.78, 5) is 26.7. The van der Waals surface area contributed by atoms with E-state index in [1.807, 2.05) is 6.08 Å². The first kappa shape index (κ1) is 80.4. The summed E-state index contributed by atoms with van der Waals surface area (Å²) in [5, 5.41) is 57.3. The molecular weight excluding hydrogens is 1050 g/mol. The lowest BCUT2D eigenvalue weighted by Crippen LogP contribution is -2.61. The predicted octanol–water partition coefficient (Wildman–Crippen LogP) is 19.0. The Hall–Kier alpha value is -1.60. The number of nitrogens with one attached hydrogen (secondary N) is 1. The number of carbonyl (C=O) groups excluding carboxylic acids is 2. The van der Waals surface area contributed by atoms with E-state index in [-0.39, 0.29) is 13.0 Å². The second-order valence-corrected chi connectivity index (χ2v) is 26.0. The second kappa shape index (κ2) is 61.6. The van der Waals surface area contributed by atoms with Crippen molar-refractivity contribution in [1.82, 2.24) is 5.32 Å². The first-order chi connectivity index (χ1) is 41.2. The van der Waals surface area contributed by atoms with Gasteiger partial charge in [-0.25, -0.2) is 0 Å². The number of ether oxygens (including phenoxy) is 3. The number of allylic oxidation sites excluding steroid dienone is 1. The minimum atomic E-state index is -1.61. The monoisotopic (exact) mass is 1190 g/mol. The summed E-state index contributed by atoms with van der Waals surface area (Å²) in [5.41, 5.74) is 0. The number of hydrogen-bond donors (Lipinski definition) is 6. The molecule has 1 heterocycles. The maximum atomic E-state index is 13.5. The average molecular weight is 1190 g/mol. The summed E-state index contributed by atoms with van der Waals surface area (Å²) in [6.07, 6.45) is 62.6. The van der Waals surface area contributed by atoms with E-state index >= 15 is 0 Å². The molecule has 8 atom stereocenters. The molecule has 6 N–H and O–H groups in total. The Morgan fingerprint density at radius 2 is 0.774 bits per heavy atom. The van der Waals surface area contributed by atoms with Crippen LogP contribution in [-0.2, 0) is 23.8 Å². The van der Waals surface area contributed by atoms with E-state index < -0.39 is 67.4 Å². The van der Waals surface area contributed by atoms with E-state index in [1.54, 1.807) is 6.08 Å². The maximum Gasteiger partial charge on any atom is 0.306 e. The molecule has 84 heavy (non-hydrogen) atoms. The Bertz CT molecular complexity index is 1420. The minimum absolute atomic E-state index is 0.132. The van der Waals surface area contributed by atoms with Crippen molar-refractivity contribution in [2.45, 2.75) is 429 Å². The summed E-state index contributed by atoms with van der Waals surface area (Å²) in [6, 6.07) is -1.02. The summed E-state index contributed by atoms with van der Waals surface area (Å²) >= 11 is 0. The van der Waals surface area contributed by atoms with Crippen molar-refractivity contribution >= 4 is 11.9 Å². The molecule has 0 aromatic heterocycles. The van der Waals surface area contributed by atoms with Crippen LogP contribution in [0.25, 0.3) is 0 Å². The van der Waals surface area contributed by atoms with Crippen LogP contribution in [-0.4, -0.2) is 99.6 Å². The zero-order chi connectivity index (χ0) is 61.0. The lowest BCUT2D eigenvalue weighted by Gasteiger charge is -2.41. The third-order valence-electron chi connectivity index (χ3n) is 17.9. The van der Waals surface area contributed by atoms with Crippen molar-refractivity contribution in [3.8, 4) is 0 Å². The molecule has 8 unspecified atom stereocenters. The molecule has 0 radical (unpaired) electrons. The first-order valence-electron chi connectivity index (χ1n) is 37.0. The quantitative estimate of drug-likeness (QED) is 0.0195. The molecule has 11 heteroatoms. The fourth-order valence-corrected chi connectivity index (χ4v) is 12.1. The number of hydrogen-bond acceptors (Lipinski definition) is 10. The third-order valence-corrected chi connectivity index (χ3v) is 17.9. The van der Waals surface area contributed by atoms with Crippen molar-refractivity contribution < 1.29 is 49.3 Å². The highest BCUT2D eigenvalue weighted by Gasteiger charge is 2.47. The van der Waals surface area contributed by atoms with Crippen molar-refractivity contribution in [2.24, 2.45) is 0 Å². The van der Waals surface area contributed by atoms with Gasteiger partial charge in [0, 0.05) is 6.42 Å². The van der Waals surface area contributed by atoms with Gasteiger partial charge in [-0.05, 0) is 25.7 Å². The van der Waals surface area contributed by atoms with Crippen molar-refractivity contribution in [2.75, 3.05) is 13.2 Å². The third kappa shape index (κ3) is 48.3. The molecule has 1 amide bonds. The van der Waals surface area contributed by atoms with Gasteiger partial charge in [0.05, 0.1) is 25.4 Å². The molecule has 1 fully saturated rings. The lowest BCUT2D eigenvalue weighted by atomic mass is 9.99. The van der Waals surface area contributed by atoms with E-state index in [9.17, 15) is 35.1 Å². The Kier molecular flexibility index (Phi) is 59.0. The maximum absolute atomic E-state index is 13.5. The van der Waals surface area contributed by atoms with Gasteiger partial charge in [0.2, 0.25) is 5.91 Å². The van der Waals surface area contributed by atoms with E-state index in [0.717, 1.165) is 57.8 Å². The number of amides is 1. The van der Waals surface area contributed by atoms with Gasteiger partial charge in [0.1, 0.15) is 24.4 Å². The summed E-state index contributed by atoms with van der Waals surface area (Å²) < 4.78 is 17.7. The number of aliphatic hydroxyl groups excluding tert-OH is 5. The van der Waals surface area contributed by atoms with Gasteiger partial charge >= 0.3 is 5.97 Å². The number of carbonyl (C=O) groups is 2. The molecular formula is C73H141NO10. The molecule has 0 saturated carbocycles. The fourth-order valence-electron chi connectivity index (χ4n) is 12.1.